The molecule has 2 aromatic carbocycles. The SMILES string of the molecule is Cc1[nH]c(/C=C2\C(=O)Nc3cccc(-c4cccc(F)c4)c32)c(C)c1C(=O)N1CCC[C@H]1CNCC1CC1. The quantitative estimate of drug-likeness (QED) is 0.364. The van der Waals surface area contributed by atoms with Crippen molar-refractivity contribution in [2.45, 2.75) is 45.6 Å². The fraction of sp³-hybridized carbons (Fsp3) is 0.355. The van der Waals surface area contributed by atoms with E-state index in [1.807, 2.05) is 49.1 Å². The lowest BCUT2D eigenvalue weighted by Gasteiger charge is -2.25. The topological polar surface area (TPSA) is 77.2 Å². The number of aromatic nitrogens is 1. The molecule has 3 heterocycles. The average molecular weight is 513 g/mol. The van der Waals surface area contributed by atoms with Crippen molar-refractivity contribution in [1.29, 1.82) is 0 Å². The molecule has 6 rings (SSSR count). The van der Waals surface area contributed by atoms with Crippen LogP contribution in [0.15, 0.2) is 42.5 Å². The van der Waals surface area contributed by atoms with Crippen LogP contribution in [0.3, 0.4) is 0 Å². The number of halogens is 1. The molecular weight excluding hydrogens is 479 g/mol. The van der Waals surface area contributed by atoms with Gasteiger partial charge < -0.3 is 20.5 Å². The molecule has 196 valence electrons. The number of nitrogens with zero attached hydrogens (tertiary/aromatic N) is 1. The summed E-state index contributed by atoms with van der Waals surface area (Å²) in [4.78, 5) is 32.2. The number of carbonyl (C=O) groups is 2. The molecule has 3 N–H and O–H groups in total. The number of H-pyrrole nitrogens is 1. The van der Waals surface area contributed by atoms with E-state index in [9.17, 15) is 14.0 Å². The van der Waals surface area contributed by atoms with Crippen molar-refractivity contribution in [2.24, 2.45) is 5.92 Å². The molecule has 2 amide bonds. The van der Waals surface area contributed by atoms with Gasteiger partial charge in [-0.1, -0.05) is 24.3 Å². The average Bonchev–Trinajstić information content (AvgIpc) is 3.39. The number of hydrogen-bond acceptors (Lipinski definition) is 3. The van der Waals surface area contributed by atoms with Crippen LogP contribution in [-0.4, -0.2) is 47.4 Å². The Hall–Kier alpha value is -3.71. The molecule has 1 aromatic heterocycles. The maximum atomic E-state index is 14.0. The summed E-state index contributed by atoms with van der Waals surface area (Å²) in [5, 5.41) is 6.51. The van der Waals surface area contributed by atoms with Gasteiger partial charge in [-0.15, -0.1) is 0 Å². The Morgan fingerprint density at radius 2 is 1.95 bits per heavy atom. The molecular formula is C31H33FN4O2. The molecule has 0 radical (unpaired) electrons. The molecule has 0 spiro atoms. The molecule has 1 atom stereocenters. The summed E-state index contributed by atoms with van der Waals surface area (Å²) < 4.78 is 14.0. The summed E-state index contributed by atoms with van der Waals surface area (Å²) in [7, 11) is 0. The van der Waals surface area contributed by atoms with E-state index in [2.05, 4.69) is 15.6 Å². The number of hydrogen-bond donors (Lipinski definition) is 3. The number of amides is 2. The molecule has 0 bridgehead atoms. The van der Waals surface area contributed by atoms with Gasteiger partial charge >= 0.3 is 0 Å². The number of nitrogens with one attached hydrogen (secondary N) is 3. The molecule has 1 aliphatic carbocycles. The Morgan fingerprint density at radius 3 is 2.74 bits per heavy atom. The van der Waals surface area contributed by atoms with E-state index in [0.29, 0.717) is 22.4 Å². The van der Waals surface area contributed by atoms with Gasteiger partial charge in [-0.25, -0.2) is 4.39 Å². The second kappa shape index (κ2) is 9.87. The third-order valence-electron chi connectivity index (χ3n) is 8.09. The van der Waals surface area contributed by atoms with Gasteiger partial charge in [0.15, 0.2) is 0 Å². The van der Waals surface area contributed by atoms with Crippen molar-refractivity contribution < 1.29 is 14.0 Å². The van der Waals surface area contributed by atoms with E-state index in [1.54, 1.807) is 6.07 Å². The molecule has 2 aliphatic heterocycles. The first-order chi connectivity index (χ1) is 18.4. The van der Waals surface area contributed by atoms with Gasteiger partial charge in [0.25, 0.3) is 11.8 Å². The van der Waals surface area contributed by atoms with Crippen molar-refractivity contribution in [3.8, 4) is 11.1 Å². The van der Waals surface area contributed by atoms with Gasteiger partial charge in [-0.05, 0) is 93.0 Å². The highest BCUT2D eigenvalue weighted by molar-refractivity contribution is 6.36. The number of carbonyl (C=O) groups excluding carboxylic acids is 2. The number of aromatic amines is 1. The van der Waals surface area contributed by atoms with Crippen molar-refractivity contribution in [2.75, 3.05) is 25.0 Å². The third kappa shape index (κ3) is 4.56. The predicted molar refractivity (Wildman–Crippen MR) is 148 cm³/mol. The van der Waals surface area contributed by atoms with Crippen molar-refractivity contribution >= 4 is 29.2 Å². The third-order valence-corrected chi connectivity index (χ3v) is 8.09. The normalized spacial score (nSPS) is 19.8. The fourth-order valence-electron chi connectivity index (χ4n) is 5.90. The molecule has 2 fully saturated rings. The molecule has 38 heavy (non-hydrogen) atoms. The van der Waals surface area contributed by atoms with E-state index in [1.165, 1.54) is 25.0 Å². The molecule has 7 heteroatoms. The summed E-state index contributed by atoms with van der Waals surface area (Å²) in [6.45, 7) is 6.49. The number of fused-ring (bicyclic) bond motifs is 1. The smallest absolute Gasteiger partial charge is 0.256 e. The van der Waals surface area contributed by atoms with Crippen LogP contribution in [-0.2, 0) is 4.79 Å². The fourth-order valence-corrected chi connectivity index (χ4v) is 5.90. The summed E-state index contributed by atoms with van der Waals surface area (Å²) in [5.41, 5.74) is 6.46. The van der Waals surface area contributed by atoms with Crippen molar-refractivity contribution in [1.82, 2.24) is 15.2 Å². The minimum absolute atomic E-state index is 0.0494. The van der Waals surface area contributed by atoms with Crippen LogP contribution in [0.5, 0.6) is 0 Å². The first-order valence-corrected chi connectivity index (χ1v) is 13.5. The predicted octanol–water partition coefficient (Wildman–Crippen LogP) is 5.53. The van der Waals surface area contributed by atoms with Gasteiger partial charge in [0.2, 0.25) is 0 Å². The highest BCUT2D eigenvalue weighted by atomic mass is 19.1. The van der Waals surface area contributed by atoms with Crippen LogP contribution < -0.4 is 10.6 Å². The van der Waals surface area contributed by atoms with E-state index in [4.69, 9.17) is 0 Å². The molecule has 3 aliphatic rings. The Balaban J connectivity index is 1.32. The Morgan fingerprint density at radius 1 is 1.13 bits per heavy atom. The van der Waals surface area contributed by atoms with Gasteiger partial charge in [-0.2, -0.15) is 0 Å². The second-order valence-electron chi connectivity index (χ2n) is 10.8. The number of benzene rings is 2. The molecule has 1 saturated heterocycles. The zero-order valence-electron chi connectivity index (χ0n) is 21.9. The standard InChI is InChI=1S/C31H33FN4O2/c1-18-27(34-19(2)28(18)31(38)36-13-5-8-23(36)17-33-16-20-11-12-20)15-25-29-24(21-6-3-7-22(32)14-21)9-4-10-26(29)35-30(25)37/h3-4,6-7,9-10,14-15,20,23,33-34H,5,8,11-13,16-17H2,1-2H3,(H,35,37)/b25-15-/t23-/m0/s1. The lowest BCUT2D eigenvalue weighted by Crippen LogP contribution is -2.42. The highest BCUT2D eigenvalue weighted by Crippen LogP contribution is 2.41. The van der Waals surface area contributed by atoms with E-state index >= 15 is 0 Å². The lowest BCUT2D eigenvalue weighted by molar-refractivity contribution is -0.110. The minimum Gasteiger partial charge on any atom is -0.358 e. The summed E-state index contributed by atoms with van der Waals surface area (Å²) in [6.07, 6.45) is 6.48. The second-order valence-corrected chi connectivity index (χ2v) is 10.8. The largest absolute Gasteiger partial charge is 0.358 e. The van der Waals surface area contributed by atoms with E-state index in [-0.39, 0.29) is 23.7 Å². The van der Waals surface area contributed by atoms with Crippen LogP contribution in [0, 0.1) is 25.6 Å². The van der Waals surface area contributed by atoms with E-state index in [0.717, 1.165) is 66.5 Å². The van der Waals surface area contributed by atoms with Crippen LogP contribution in [0.25, 0.3) is 22.8 Å². The zero-order valence-corrected chi connectivity index (χ0v) is 21.9. The summed E-state index contributed by atoms with van der Waals surface area (Å²) in [5.74, 6) is 0.313. The van der Waals surface area contributed by atoms with Gasteiger partial charge in [0.1, 0.15) is 5.82 Å². The highest BCUT2D eigenvalue weighted by Gasteiger charge is 2.33. The molecule has 3 aromatic rings. The Bertz CT molecular complexity index is 1450. The van der Waals surface area contributed by atoms with Crippen molar-refractivity contribution in [3.63, 3.8) is 0 Å². The van der Waals surface area contributed by atoms with Gasteiger partial charge in [0, 0.05) is 41.8 Å². The maximum Gasteiger partial charge on any atom is 0.256 e. The van der Waals surface area contributed by atoms with Crippen LogP contribution >= 0.6 is 0 Å². The number of aryl methyl sites for hydroxylation is 1. The molecule has 6 nitrogen and oxygen atoms in total. The number of likely N-dealkylation sites (tertiary alicyclic amines) is 1. The van der Waals surface area contributed by atoms with Gasteiger partial charge in [0.05, 0.1) is 11.1 Å². The maximum absolute atomic E-state index is 14.0. The van der Waals surface area contributed by atoms with Gasteiger partial charge in [-0.3, -0.25) is 9.59 Å². The van der Waals surface area contributed by atoms with Crippen molar-refractivity contribution in [3.05, 3.63) is 76.4 Å². The number of anilines is 1. The Kier molecular flexibility index (Phi) is 6.40. The molecule has 0 unspecified atom stereocenters. The van der Waals surface area contributed by atoms with Crippen LogP contribution in [0.2, 0.25) is 0 Å². The molecule has 1 saturated carbocycles. The van der Waals surface area contributed by atoms with Crippen LogP contribution in [0.4, 0.5) is 10.1 Å². The Labute approximate surface area is 222 Å². The monoisotopic (exact) mass is 512 g/mol. The first kappa shape index (κ1) is 24.6. The minimum atomic E-state index is -0.329. The zero-order chi connectivity index (χ0) is 26.4. The first-order valence-electron chi connectivity index (χ1n) is 13.5. The lowest BCUT2D eigenvalue weighted by atomic mass is 9.94. The number of rotatable bonds is 7. The summed E-state index contributed by atoms with van der Waals surface area (Å²) >= 11 is 0. The summed E-state index contributed by atoms with van der Waals surface area (Å²) in [6, 6.07) is 12.2. The van der Waals surface area contributed by atoms with E-state index < -0.39 is 0 Å². The van der Waals surface area contributed by atoms with Crippen LogP contribution in [0.1, 0.15) is 58.6 Å².